The second kappa shape index (κ2) is 13.1. The highest BCUT2D eigenvalue weighted by atomic mass is 16.1. The first-order valence-electron chi connectivity index (χ1n) is 12.0. The lowest BCUT2D eigenvalue weighted by Crippen LogP contribution is -2.28. The van der Waals surface area contributed by atoms with Crippen molar-refractivity contribution in [3.8, 4) is 0 Å². The van der Waals surface area contributed by atoms with Crippen LogP contribution in [0.4, 0.5) is 23.5 Å². The number of rotatable bonds is 15. The number of hydrogen-bond donors (Lipinski definition) is 3. The molecule has 0 bridgehead atoms. The van der Waals surface area contributed by atoms with Gasteiger partial charge in [0, 0.05) is 45.5 Å². The first-order chi connectivity index (χ1) is 15.4. The molecule has 2 rings (SSSR count). The van der Waals surface area contributed by atoms with E-state index in [1.165, 1.54) is 19.3 Å². The Labute approximate surface area is 193 Å². The summed E-state index contributed by atoms with van der Waals surface area (Å²) in [5.41, 5.74) is 0. The average Bonchev–Trinajstić information content (AvgIpc) is 3.26. The minimum Gasteiger partial charge on any atom is -0.353 e. The average molecular weight is 447 g/mol. The van der Waals surface area contributed by atoms with Crippen molar-refractivity contribution in [2.75, 3.05) is 35.6 Å². The van der Waals surface area contributed by atoms with Gasteiger partial charge in [-0.1, -0.05) is 40.0 Å². The Bertz CT molecular complexity index is 828. The van der Waals surface area contributed by atoms with Crippen molar-refractivity contribution >= 4 is 29.4 Å². The van der Waals surface area contributed by atoms with Crippen molar-refractivity contribution in [1.29, 1.82) is 0 Å². The van der Waals surface area contributed by atoms with Gasteiger partial charge < -0.3 is 30.0 Å². The van der Waals surface area contributed by atoms with E-state index in [-0.39, 0.29) is 5.91 Å². The van der Waals surface area contributed by atoms with E-state index in [2.05, 4.69) is 58.5 Å². The van der Waals surface area contributed by atoms with Gasteiger partial charge in [-0.15, -0.1) is 0 Å². The van der Waals surface area contributed by atoms with E-state index in [0.29, 0.717) is 30.0 Å². The van der Waals surface area contributed by atoms with Gasteiger partial charge in [-0.05, 0) is 32.9 Å². The highest BCUT2D eigenvalue weighted by molar-refractivity contribution is 5.90. The minimum absolute atomic E-state index is 0.0159. The first kappa shape index (κ1) is 25.7. The summed E-state index contributed by atoms with van der Waals surface area (Å²) < 4.78 is 3.81. The van der Waals surface area contributed by atoms with Crippen LogP contribution in [0.2, 0.25) is 0 Å². The molecule has 32 heavy (non-hydrogen) atoms. The lowest BCUT2D eigenvalue weighted by atomic mass is 10.2. The third kappa shape index (κ3) is 8.18. The molecule has 0 aliphatic heterocycles. The van der Waals surface area contributed by atoms with E-state index >= 15 is 0 Å². The number of hydrogen-bond acceptors (Lipinski definition) is 6. The molecule has 1 unspecified atom stereocenters. The summed E-state index contributed by atoms with van der Waals surface area (Å²) in [5, 5.41) is 9.59. The fourth-order valence-corrected chi connectivity index (χ4v) is 3.62. The molecule has 0 fully saturated rings. The summed E-state index contributed by atoms with van der Waals surface area (Å²) in [4.78, 5) is 23.9. The molecule has 0 saturated carbocycles. The molecule has 1 atom stereocenters. The number of aromatic nitrogens is 4. The number of nitrogens with one attached hydrogen (secondary N) is 3. The van der Waals surface area contributed by atoms with Crippen molar-refractivity contribution in [3.05, 3.63) is 12.4 Å². The van der Waals surface area contributed by atoms with Crippen molar-refractivity contribution in [2.24, 2.45) is 14.1 Å². The minimum atomic E-state index is -0.0159. The van der Waals surface area contributed by atoms with Crippen LogP contribution >= 0.6 is 0 Å². The number of carbonyl (C=O) groups excluding carboxylic acids is 1. The molecule has 9 nitrogen and oxygen atoms in total. The zero-order valence-corrected chi connectivity index (χ0v) is 20.7. The molecule has 0 aliphatic rings. The second-order valence-electron chi connectivity index (χ2n) is 8.52. The molecule has 0 spiro atoms. The van der Waals surface area contributed by atoms with E-state index < -0.39 is 0 Å². The Hall–Kier alpha value is -2.55. The van der Waals surface area contributed by atoms with Crippen molar-refractivity contribution in [2.45, 2.75) is 72.3 Å². The molecule has 0 aliphatic carbocycles. The number of nitrogens with zero attached hydrogens (tertiary/aromatic N) is 5. The molecule has 180 valence electrons. The fourth-order valence-electron chi connectivity index (χ4n) is 3.62. The summed E-state index contributed by atoms with van der Waals surface area (Å²) in [6.07, 6.45) is 10.0. The third-order valence-corrected chi connectivity index (χ3v) is 5.54. The zero-order valence-electron chi connectivity index (χ0n) is 20.7. The summed E-state index contributed by atoms with van der Waals surface area (Å²) in [6.45, 7) is 11.5. The third-order valence-electron chi connectivity index (χ3n) is 5.54. The Morgan fingerprint density at radius 3 is 2.38 bits per heavy atom. The molecule has 3 N–H and O–H groups in total. The maximum absolute atomic E-state index is 12.4. The normalized spacial score (nSPS) is 12.2. The van der Waals surface area contributed by atoms with Crippen LogP contribution in [0.25, 0.3) is 0 Å². The molecule has 2 aromatic rings. The smallest absolute Gasteiger partial charge is 0.226 e. The van der Waals surface area contributed by atoms with Crippen LogP contribution in [-0.2, 0) is 18.9 Å². The molecule has 0 saturated heterocycles. The van der Waals surface area contributed by atoms with E-state index in [1.54, 1.807) is 0 Å². The molecule has 9 heteroatoms. The number of carbonyl (C=O) groups is 1. The van der Waals surface area contributed by atoms with Gasteiger partial charge in [0.1, 0.15) is 0 Å². The lowest BCUT2D eigenvalue weighted by Gasteiger charge is -2.19. The maximum Gasteiger partial charge on any atom is 0.226 e. The van der Waals surface area contributed by atoms with Crippen LogP contribution in [0.5, 0.6) is 0 Å². The molecular weight excluding hydrogens is 404 g/mol. The highest BCUT2D eigenvalue weighted by Crippen LogP contribution is 2.20. The van der Waals surface area contributed by atoms with E-state index in [9.17, 15) is 4.79 Å². The van der Waals surface area contributed by atoms with Crippen LogP contribution in [0.15, 0.2) is 12.4 Å². The van der Waals surface area contributed by atoms with Gasteiger partial charge in [0.25, 0.3) is 0 Å². The van der Waals surface area contributed by atoms with Crippen molar-refractivity contribution in [1.82, 2.24) is 24.0 Å². The monoisotopic (exact) mass is 446 g/mol. The molecule has 0 radical (unpaired) electrons. The highest BCUT2D eigenvalue weighted by Gasteiger charge is 2.13. The maximum atomic E-state index is 12.4. The predicted octanol–water partition coefficient (Wildman–Crippen LogP) is 4.34. The molecule has 2 aromatic heterocycles. The van der Waals surface area contributed by atoms with Gasteiger partial charge in [0.15, 0.2) is 11.6 Å². The van der Waals surface area contributed by atoms with Crippen LogP contribution in [0.3, 0.4) is 0 Å². The first-order valence-corrected chi connectivity index (χ1v) is 12.0. The Balaban J connectivity index is 1.89. The summed E-state index contributed by atoms with van der Waals surface area (Å²) >= 11 is 0. The number of anilines is 4. The van der Waals surface area contributed by atoms with Crippen LogP contribution in [-0.4, -0.2) is 55.6 Å². The summed E-state index contributed by atoms with van der Waals surface area (Å²) in [5.74, 6) is 2.67. The number of unbranched alkanes of at least 4 members (excludes halogenated alkanes) is 2. The summed E-state index contributed by atoms with van der Waals surface area (Å²) in [7, 11) is 3.86. The van der Waals surface area contributed by atoms with Gasteiger partial charge >= 0.3 is 0 Å². The van der Waals surface area contributed by atoms with Gasteiger partial charge in [0.05, 0.1) is 0 Å². The Morgan fingerprint density at radius 2 is 1.69 bits per heavy atom. The van der Waals surface area contributed by atoms with Crippen LogP contribution < -0.4 is 16.0 Å². The molecule has 2 heterocycles. The standard InChI is InChI=1S/C23H42N8O/c1-7-10-11-14-31(9-3)15-13-21(32)25-19-16-30(6)23(26-19)28-20-17-29(5)22(27-20)24-18(4)12-8-2/h16-18H,7-15H2,1-6H3,(H,24,27)(H,25,32)(H,26,28). The Morgan fingerprint density at radius 1 is 1.00 bits per heavy atom. The van der Waals surface area contributed by atoms with E-state index in [4.69, 9.17) is 0 Å². The topological polar surface area (TPSA) is 92.0 Å². The molecular formula is C23H42N8O. The van der Waals surface area contributed by atoms with Gasteiger partial charge in [-0.2, -0.15) is 9.97 Å². The van der Waals surface area contributed by atoms with Gasteiger partial charge in [-0.25, -0.2) is 0 Å². The van der Waals surface area contributed by atoms with Crippen LogP contribution in [0.1, 0.15) is 66.2 Å². The van der Waals surface area contributed by atoms with Crippen molar-refractivity contribution in [3.63, 3.8) is 0 Å². The number of imidazole rings is 2. The SMILES string of the molecule is CCCCCN(CC)CCC(=O)Nc1cn(C)c(Nc2cn(C)c(NC(C)CCC)n2)n1. The van der Waals surface area contributed by atoms with E-state index in [1.807, 2.05) is 35.6 Å². The fraction of sp³-hybridized carbons (Fsp3) is 0.696. The number of aryl methyl sites for hydroxylation is 2. The summed E-state index contributed by atoms with van der Waals surface area (Å²) in [6, 6.07) is 0.360. The van der Waals surface area contributed by atoms with Crippen molar-refractivity contribution < 1.29 is 4.79 Å². The lowest BCUT2D eigenvalue weighted by molar-refractivity contribution is -0.116. The van der Waals surface area contributed by atoms with E-state index in [0.717, 1.165) is 38.4 Å². The largest absolute Gasteiger partial charge is 0.353 e. The zero-order chi connectivity index (χ0) is 23.5. The predicted molar refractivity (Wildman–Crippen MR) is 133 cm³/mol. The Kier molecular flexibility index (Phi) is 10.5. The molecule has 0 aromatic carbocycles. The quantitative estimate of drug-likeness (QED) is 0.353. The van der Waals surface area contributed by atoms with Gasteiger partial charge in [-0.3, -0.25) is 4.79 Å². The number of amides is 1. The molecule has 1 amide bonds. The van der Waals surface area contributed by atoms with Crippen LogP contribution in [0, 0.1) is 0 Å². The second-order valence-corrected chi connectivity index (χ2v) is 8.52. The van der Waals surface area contributed by atoms with Gasteiger partial charge in [0.2, 0.25) is 17.8 Å².